The number of benzene rings is 1. The van der Waals surface area contributed by atoms with Crippen LogP contribution in [0.2, 0.25) is 0 Å². The minimum absolute atomic E-state index is 0.0958. The van der Waals surface area contributed by atoms with Crippen LogP contribution in [0.4, 0.5) is 14.5 Å². The highest BCUT2D eigenvalue weighted by atomic mass is 32.2. The average Bonchev–Trinajstić information content (AvgIpc) is 2.99. The maximum atomic E-state index is 12.8. The molecule has 118 valence electrons. The van der Waals surface area contributed by atoms with E-state index in [0.29, 0.717) is 12.5 Å². The Morgan fingerprint density at radius 2 is 1.86 bits per heavy atom. The lowest BCUT2D eigenvalue weighted by molar-refractivity contribution is 0.235. The van der Waals surface area contributed by atoms with Crippen molar-refractivity contribution < 1.29 is 17.2 Å². The number of anilines is 1. The SMILES string of the molecule is NCC(Nc1ccccc1S(=O)(=O)C(F)F)C1CCCC1. The molecule has 0 heterocycles. The normalized spacial score (nSPS) is 18.1. The minimum Gasteiger partial charge on any atom is -0.380 e. The van der Waals surface area contributed by atoms with Crippen LogP contribution >= 0.6 is 0 Å². The van der Waals surface area contributed by atoms with Crippen molar-refractivity contribution in [3.8, 4) is 0 Å². The first-order valence-electron chi connectivity index (χ1n) is 7.04. The van der Waals surface area contributed by atoms with E-state index in [2.05, 4.69) is 5.32 Å². The molecule has 1 atom stereocenters. The van der Waals surface area contributed by atoms with E-state index in [1.165, 1.54) is 18.2 Å². The molecule has 0 spiro atoms. The van der Waals surface area contributed by atoms with Gasteiger partial charge in [0.2, 0.25) is 9.84 Å². The summed E-state index contributed by atoms with van der Waals surface area (Å²) in [6.45, 7) is 0.341. The second-order valence-corrected chi connectivity index (χ2v) is 7.22. The van der Waals surface area contributed by atoms with Gasteiger partial charge in [0.1, 0.15) is 0 Å². The highest BCUT2D eigenvalue weighted by Crippen LogP contribution is 2.31. The summed E-state index contributed by atoms with van der Waals surface area (Å²) in [5, 5.41) is 3.06. The molecule has 1 aromatic carbocycles. The summed E-state index contributed by atoms with van der Waals surface area (Å²) in [5.41, 5.74) is 5.97. The summed E-state index contributed by atoms with van der Waals surface area (Å²) in [6, 6.07) is 5.67. The van der Waals surface area contributed by atoms with Crippen molar-refractivity contribution in [2.75, 3.05) is 11.9 Å². The number of para-hydroxylation sites is 1. The molecule has 0 bridgehead atoms. The third kappa shape index (κ3) is 3.52. The number of nitrogens with one attached hydrogen (secondary N) is 1. The van der Waals surface area contributed by atoms with Gasteiger partial charge in [-0.3, -0.25) is 0 Å². The first-order valence-corrected chi connectivity index (χ1v) is 8.59. The van der Waals surface area contributed by atoms with Gasteiger partial charge in [0, 0.05) is 12.6 Å². The molecule has 1 aromatic rings. The fourth-order valence-electron chi connectivity index (χ4n) is 2.86. The molecular weight excluding hydrogens is 298 g/mol. The second kappa shape index (κ2) is 6.70. The number of alkyl halides is 2. The standard InChI is InChI=1S/C14H20F2N2O2S/c15-14(16)21(19,20)13-8-4-3-7-11(13)18-12(9-17)10-5-1-2-6-10/h3-4,7-8,10,12,14,18H,1-2,5-6,9,17H2. The Morgan fingerprint density at radius 3 is 2.43 bits per heavy atom. The van der Waals surface area contributed by atoms with Crippen LogP contribution in [0, 0.1) is 5.92 Å². The van der Waals surface area contributed by atoms with Crippen LogP contribution in [0.5, 0.6) is 0 Å². The molecule has 0 aliphatic heterocycles. The van der Waals surface area contributed by atoms with Crippen LogP contribution in [0.1, 0.15) is 25.7 Å². The summed E-state index contributed by atoms with van der Waals surface area (Å²) in [7, 11) is -4.62. The quantitative estimate of drug-likeness (QED) is 0.846. The van der Waals surface area contributed by atoms with Crippen LogP contribution in [0.3, 0.4) is 0 Å². The van der Waals surface area contributed by atoms with Crippen molar-refractivity contribution in [2.45, 2.75) is 42.4 Å². The van der Waals surface area contributed by atoms with Crippen LogP contribution in [-0.2, 0) is 9.84 Å². The number of hydrogen-bond acceptors (Lipinski definition) is 4. The van der Waals surface area contributed by atoms with Crippen molar-refractivity contribution in [1.29, 1.82) is 0 Å². The highest BCUT2D eigenvalue weighted by Gasteiger charge is 2.31. The molecule has 21 heavy (non-hydrogen) atoms. The molecule has 0 radical (unpaired) electrons. The first kappa shape index (κ1) is 16.2. The van der Waals surface area contributed by atoms with Gasteiger partial charge >= 0.3 is 5.76 Å². The largest absolute Gasteiger partial charge is 0.380 e. The van der Waals surface area contributed by atoms with Gasteiger partial charge in [-0.25, -0.2) is 8.42 Å². The number of halogens is 2. The average molecular weight is 318 g/mol. The number of nitrogens with two attached hydrogens (primary N) is 1. The van der Waals surface area contributed by atoms with Crippen LogP contribution in [0.25, 0.3) is 0 Å². The molecular formula is C14H20F2N2O2S. The summed E-state index contributed by atoms with van der Waals surface area (Å²) in [4.78, 5) is -0.364. The molecule has 4 nitrogen and oxygen atoms in total. The Balaban J connectivity index is 2.27. The molecule has 1 aliphatic carbocycles. The topological polar surface area (TPSA) is 72.2 Å². The van der Waals surface area contributed by atoms with Gasteiger partial charge in [0.25, 0.3) is 0 Å². The first-order chi connectivity index (χ1) is 9.96. The smallest absolute Gasteiger partial charge is 0.341 e. The fourth-order valence-corrected chi connectivity index (χ4v) is 3.75. The van der Waals surface area contributed by atoms with Crippen molar-refractivity contribution >= 4 is 15.5 Å². The Hall–Kier alpha value is -1.21. The van der Waals surface area contributed by atoms with Crippen molar-refractivity contribution in [1.82, 2.24) is 0 Å². The number of rotatable bonds is 6. The molecule has 0 saturated heterocycles. The lowest BCUT2D eigenvalue weighted by Crippen LogP contribution is -2.35. The third-order valence-corrected chi connectivity index (χ3v) is 5.43. The zero-order valence-corrected chi connectivity index (χ0v) is 12.5. The van der Waals surface area contributed by atoms with Gasteiger partial charge in [-0.05, 0) is 30.9 Å². The number of sulfone groups is 1. The van der Waals surface area contributed by atoms with Gasteiger partial charge < -0.3 is 11.1 Å². The summed E-state index contributed by atoms with van der Waals surface area (Å²) in [6.07, 6.45) is 4.30. The van der Waals surface area contributed by atoms with Crippen LogP contribution in [0.15, 0.2) is 29.2 Å². The highest BCUT2D eigenvalue weighted by molar-refractivity contribution is 7.91. The molecule has 3 N–H and O–H groups in total. The predicted molar refractivity (Wildman–Crippen MR) is 78.1 cm³/mol. The zero-order chi connectivity index (χ0) is 15.5. The van der Waals surface area contributed by atoms with E-state index in [1.54, 1.807) is 6.07 Å². The predicted octanol–water partition coefficient (Wildman–Crippen LogP) is 2.61. The Morgan fingerprint density at radius 1 is 1.24 bits per heavy atom. The van der Waals surface area contributed by atoms with Gasteiger partial charge in [-0.1, -0.05) is 25.0 Å². The van der Waals surface area contributed by atoms with Crippen LogP contribution < -0.4 is 11.1 Å². The summed E-state index contributed by atoms with van der Waals surface area (Å²) in [5.74, 6) is -3.07. The van der Waals surface area contributed by atoms with E-state index in [0.717, 1.165) is 25.7 Å². The third-order valence-electron chi connectivity index (χ3n) is 3.99. The summed E-state index contributed by atoms with van der Waals surface area (Å²) >= 11 is 0. The van der Waals surface area contributed by atoms with E-state index < -0.39 is 15.6 Å². The monoisotopic (exact) mass is 318 g/mol. The molecule has 1 saturated carbocycles. The van der Waals surface area contributed by atoms with Gasteiger partial charge in [-0.2, -0.15) is 8.78 Å². The number of hydrogen-bond donors (Lipinski definition) is 2. The molecule has 1 fully saturated rings. The van der Waals surface area contributed by atoms with Crippen molar-refractivity contribution in [2.24, 2.45) is 11.7 Å². The van der Waals surface area contributed by atoms with Gasteiger partial charge in [-0.15, -0.1) is 0 Å². The Bertz CT molecular complexity index is 572. The lowest BCUT2D eigenvalue weighted by Gasteiger charge is -2.25. The van der Waals surface area contributed by atoms with Gasteiger partial charge in [0.05, 0.1) is 10.6 Å². The van der Waals surface area contributed by atoms with E-state index in [-0.39, 0.29) is 16.6 Å². The molecule has 1 aliphatic rings. The molecule has 0 aromatic heterocycles. The Labute approximate surface area is 123 Å². The van der Waals surface area contributed by atoms with Crippen molar-refractivity contribution in [3.63, 3.8) is 0 Å². The maximum absolute atomic E-state index is 12.8. The fraction of sp³-hybridized carbons (Fsp3) is 0.571. The van der Waals surface area contributed by atoms with Crippen LogP contribution in [-0.4, -0.2) is 26.8 Å². The minimum atomic E-state index is -4.62. The molecule has 0 amide bonds. The maximum Gasteiger partial charge on any atom is 0.341 e. The molecule has 1 unspecified atom stereocenters. The Kier molecular flexibility index (Phi) is 5.16. The summed E-state index contributed by atoms with van der Waals surface area (Å²) < 4.78 is 49.0. The molecule has 7 heteroatoms. The van der Waals surface area contributed by atoms with E-state index >= 15 is 0 Å². The van der Waals surface area contributed by atoms with Gasteiger partial charge in [0.15, 0.2) is 0 Å². The van der Waals surface area contributed by atoms with E-state index in [9.17, 15) is 17.2 Å². The zero-order valence-electron chi connectivity index (χ0n) is 11.6. The lowest BCUT2D eigenvalue weighted by atomic mass is 9.98. The van der Waals surface area contributed by atoms with E-state index in [4.69, 9.17) is 5.73 Å². The molecule has 2 rings (SSSR count). The second-order valence-electron chi connectivity index (χ2n) is 5.33. The van der Waals surface area contributed by atoms with Crippen molar-refractivity contribution in [3.05, 3.63) is 24.3 Å². The van der Waals surface area contributed by atoms with E-state index in [1.807, 2.05) is 0 Å².